The van der Waals surface area contributed by atoms with E-state index in [4.69, 9.17) is 4.74 Å². The number of hydrogen-bond acceptors (Lipinski definition) is 3. The van der Waals surface area contributed by atoms with Crippen LogP contribution in [0.1, 0.15) is 21.5 Å². The lowest BCUT2D eigenvalue weighted by Crippen LogP contribution is -2.23. The van der Waals surface area contributed by atoms with Crippen molar-refractivity contribution in [2.24, 2.45) is 0 Å². The molecule has 0 saturated heterocycles. The van der Waals surface area contributed by atoms with Gasteiger partial charge in [-0.25, -0.2) is 4.98 Å². The molecule has 0 atom stereocenters. The molecule has 122 valence electrons. The van der Waals surface area contributed by atoms with Crippen LogP contribution in [0.15, 0.2) is 67.3 Å². The minimum atomic E-state index is -0.144. The van der Waals surface area contributed by atoms with Gasteiger partial charge in [0.2, 0.25) is 0 Å². The van der Waals surface area contributed by atoms with Gasteiger partial charge in [0, 0.05) is 25.5 Å². The number of hydrogen-bond donors (Lipinski definition) is 1. The number of benzene rings is 2. The Morgan fingerprint density at radius 2 is 1.88 bits per heavy atom. The molecule has 0 radical (unpaired) electrons. The number of amides is 1. The van der Waals surface area contributed by atoms with Crippen molar-refractivity contribution in [2.45, 2.75) is 13.1 Å². The van der Waals surface area contributed by atoms with Gasteiger partial charge in [-0.15, -0.1) is 0 Å². The van der Waals surface area contributed by atoms with Gasteiger partial charge in [-0.1, -0.05) is 36.4 Å². The van der Waals surface area contributed by atoms with Crippen molar-refractivity contribution < 1.29 is 9.53 Å². The van der Waals surface area contributed by atoms with E-state index in [1.165, 1.54) is 5.56 Å². The van der Waals surface area contributed by atoms with Gasteiger partial charge in [0.15, 0.2) is 0 Å². The van der Waals surface area contributed by atoms with Crippen LogP contribution in [0.2, 0.25) is 0 Å². The van der Waals surface area contributed by atoms with Crippen LogP contribution in [0, 0.1) is 0 Å². The topological polar surface area (TPSA) is 56.1 Å². The molecule has 1 N–H and O–H groups in total. The maximum atomic E-state index is 12.3. The summed E-state index contributed by atoms with van der Waals surface area (Å²) in [5.74, 6) is 0.431. The van der Waals surface area contributed by atoms with Crippen LogP contribution in [-0.4, -0.2) is 22.6 Å². The molecule has 0 saturated carbocycles. The average Bonchev–Trinajstić information content (AvgIpc) is 3.14. The van der Waals surface area contributed by atoms with Crippen molar-refractivity contribution in [1.29, 1.82) is 0 Å². The second-order valence-electron chi connectivity index (χ2n) is 5.43. The molecule has 0 spiro atoms. The first-order chi connectivity index (χ1) is 11.8. The smallest absolute Gasteiger partial charge is 0.255 e. The highest BCUT2D eigenvalue weighted by molar-refractivity contribution is 5.96. The molecule has 5 nitrogen and oxygen atoms in total. The molecule has 1 amide bonds. The maximum Gasteiger partial charge on any atom is 0.255 e. The fourth-order valence-corrected chi connectivity index (χ4v) is 2.46. The van der Waals surface area contributed by atoms with Crippen LogP contribution in [0.3, 0.4) is 0 Å². The van der Waals surface area contributed by atoms with E-state index in [1.54, 1.807) is 31.8 Å². The highest BCUT2D eigenvalue weighted by Crippen LogP contribution is 2.17. The van der Waals surface area contributed by atoms with E-state index in [9.17, 15) is 4.79 Å². The van der Waals surface area contributed by atoms with Gasteiger partial charge in [0.1, 0.15) is 5.75 Å². The van der Waals surface area contributed by atoms with Gasteiger partial charge < -0.3 is 14.6 Å². The summed E-state index contributed by atoms with van der Waals surface area (Å²) < 4.78 is 7.23. The molecule has 0 aliphatic carbocycles. The SMILES string of the molecule is COc1ccccc1C(=O)NCc1ccc(Cn2ccnc2)cc1. The summed E-state index contributed by atoms with van der Waals surface area (Å²) in [4.78, 5) is 16.3. The monoisotopic (exact) mass is 321 g/mol. The third-order valence-electron chi connectivity index (χ3n) is 3.75. The summed E-state index contributed by atoms with van der Waals surface area (Å²) in [6.45, 7) is 1.26. The Balaban J connectivity index is 1.59. The summed E-state index contributed by atoms with van der Waals surface area (Å²) in [6.07, 6.45) is 5.49. The van der Waals surface area contributed by atoms with Crippen molar-refractivity contribution in [3.63, 3.8) is 0 Å². The number of para-hydroxylation sites is 1. The molecule has 0 fully saturated rings. The lowest BCUT2D eigenvalue weighted by Gasteiger charge is -2.09. The summed E-state index contributed by atoms with van der Waals surface area (Å²) >= 11 is 0. The number of carbonyl (C=O) groups is 1. The number of aromatic nitrogens is 2. The van der Waals surface area contributed by atoms with E-state index in [2.05, 4.69) is 22.4 Å². The van der Waals surface area contributed by atoms with E-state index in [0.717, 1.165) is 12.1 Å². The minimum Gasteiger partial charge on any atom is -0.496 e. The Kier molecular flexibility index (Phi) is 4.91. The third-order valence-corrected chi connectivity index (χ3v) is 3.75. The number of nitrogens with zero attached hydrogens (tertiary/aromatic N) is 2. The standard InChI is InChI=1S/C19H19N3O2/c1-24-18-5-3-2-4-17(18)19(23)21-12-15-6-8-16(9-7-15)13-22-11-10-20-14-22/h2-11,14H,12-13H2,1H3,(H,21,23). The minimum absolute atomic E-state index is 0.144. The number of methoxy groups -OCH3 is 1. The molecule has 3 aromatic rings. The van der Waals surface area contributed by atoms with Crippen molar-refractivity contribution in [3.8, 4) is 5.75 Å². The molecule has 0 aliphatic rings. The number of ether oxygens (including phenoxy) is 1. The molecule has 1 aromatic heterocycles. The zero-order valence-corrected chi connectivity index (χ0v) is 13.5. The van der Waals surface area contributed by atoms with E-state index >= 15 is 0 Å². The quantitative estimate of drug-likeness (QED) is 0.759. The van der Waals surface area contributed by atoms with Crippen LogP contribution >= 0.6 is 0 Å². The average molecular weight is 321 g/mol. The predicted molar refractivity (Wildman–Crippen MR) is 91.9 cm³/mol. The number of nitrogens with one attached hydrogen (secondary N) is 1. The fourth-order valence-electron chi connectivity index (χ4n) is 2.46. The summed E-state index contributed by atoms with van der Waals surface area (Å²) in [5, 5.41) is 2.92. The predicted octanol–water partition coefficient (Wildman–Crippen LogP) is 2.87. The van der Waals surface area contributed by atoms with Gasteiger partial charge in [0.05, 0.1) is 19.0 Å². The largest absolute Gasteiger partial charge is 0.496 e. The first-order valence-electron chi connectivity index (χ1n) is 7.71. The highest BCUT2D eigenvalue weighted by atomic mass is 16.5. The van der Waals surface area contributed by atoms with Gasteiger partial charge in [-0.3, -0.25) is 4.79 Å². The zero-order valence-electron chi connectivity index (χ0n) is 13.5. The summed E-state index contributed by atoms with van der Waals surface area (Å²) in [6, 6.07) is 15.4. The van der Waals surface area contributed by atoms with Crippen molar-refractivity contribution in [1.82, 2.24) is 14.9 Å². The van der Waals surface area contributed by atoms with Crippen molar-refractivity contribution in [2.75, 3.05) is 7.11 Å². The Bertz CT molecular complexity index is 796. The normalized spacial score (nSPS) is 10.4. The van der Waals surface area contributed by atoms with Gasteiger partial charge in [-0.2, -0.15) is 0 Å². The van der Waals surface area contributed by atoms with E-state index in [1.807, 2.05) is 35.0 Å². The van der Waals surface area contributed by atoms with E-state index in [-0.39, 0.29) is 5.91 Å². The molecule has 0 unspecified atom stereocenters. The van der Waals surface area contributed by atoms with Crippen LogP contribution in [0.4, 0.5) is 0 Å². The molecule has 5 heteroatoms. The molecular formula is C19H19N3O2. The third kappa shape index (κ3) is 3.81. The number of imidazole rings is 1. The number of carbonyl (C=O) groups excluding carboxylic acids is 1. The van der Waals surface area contributed by atoms with Gasteiger partial charge in [0.25, 0.3) is 5.91 Å². The Labute approximate surface area is 140 Å². The van der Waals surface area contributed by atoms with Crippen LogP contribution in [-0.2, 0) is 13.1 Å². The molecule has 1 heterocycles. The molecule has 2 aromatic carbocycles. The lowest BCUT2D eigenvalue weighted by molar-refractivity contribution is 0.0948. The van der Waals surface area contributed by atoms with Crippen molar-refractivity contribution in [3.05, 3.63) is 83.9 Å². The van der Waals surface area contributed by atoms with Gasteiger partial charge in [-0.05, 0) is 23.3 Å². The fraction of sp³-hybridized carbons (Fsp3) is 0.158. The second-order valence-corrected chi connectivity index (χ2v) is 5.43. The lowest BCUT2D eigenvalue weighted by atomic mass is 10.1. The molecule has 24 heavy (non-hydrogen) atoms. The Morgan fingerprint density at radius 1 is 1.12 bits per heavy atom. The summed E-state index contributed by atoms with van der Waals surface area (Å²) in [7, 11) is 1.56. The first kappa shape index (κ1) is 15.8. The molecular weight excluding hydrogens is 302 g/mol. The highest BCUT2D eigenvalue weighted by Gasteiger charge is 2.10. The number of rotatable bonds is 6. The van der Waals surface area contributed by atoms with Crippen molar-refractivity contribution >= 4 is 5.91 Å². The molecule has 0 bridgehead atoms. The molecule has 3 rings (SSSR count). The second kappa shape index (κ2) is 7.46. The van der Waals surface area contributed by atoms with E-state index in [0.29, 0.717) is 17.9 Å². The van der Waals surface area contributed by atoms with Crippen LogP contribution in [0.25, 0.3) is 0 Å². The first-order valence-corrected chi connectivity index (χ1v) is 7.71. The Morgan fingerprint density at radius 3 is 2.58 bits per heavy atom. The summed E-state index contributed by atoms with van der Waals surface area (Å²) in [5.41, 5.74) is 2.78. The maximum absolute atomic E-state index is 12.3. The Hall–Kier alpha value is -3.08. The van der Waals surface area contributed by atoms with E-state index < -0.39 is 0 Å². The van der Waals surface area contributed by atoms with Crippen LogP contribution < -0.4 is 10.1 Å². The van der Waals surface area contributed by atoms with Crippen LogP contribution in [0.5, 0.6) is 5.75 Å². The zero-order chi connectivity index (χ0) is 16.8. The van der Waals surface area contributed by atoms with Gasteiger partial charge >= 0.3 is 0 Å². The molecule has 0 aliphatic heterocycles.